The first-order valence-electron chi connectivity index (χ1n) is 6.50. The molecule has 0 fully saturated rings. The largest absolute Gasteiger partial charge is 0.307 e. The molecule has 0 saturated carbocycles. The van der Waals surface area contributed by atoms with Gasteiger partial charge in [0.1, 0.15) is 0 Å². The second-order valence-corrected chi connectivity index (χ2v) is 4.80. The second kappa shape index (κ2) is 6.70. The van der Waals surface area contributed by atoms with E-state index in [0.717, 1.165) is 6.42 Å². The normalized spacial score (nSPS) is 15.1. The van der Waals surface area contributed by atoms with Crippen molar-refractivity contribution in [3.63, 3.8) is 0 Å². The zero-order valence-corrected chi connectivity index (χ0v) is 11.0. The minimum Gasteiger partial charge on any atom is -0.307 e. The molecule has 0 saturated heterocycles. The van der Waals surface area contributed by atoms with E-state index in [4.69, 9.17) is 0 Å². The van der Waals surface area contributed by atoms with Crippen molar-refractivity contribution >= 4 is 0 Å². The minimum atomic E-state index is 0.494. The standard InChI is InChI=1S/C15H25N/c1-5-14(12(3)4)16-15(6-2)13-10-8-7-9-11-13/h7-12,14-16H,5-6H2,1-4H3. The summed E-state index contributed by atoms with van der Waals surface area (Å²) in [4.78, 5) is 0. The van der Waals surface area contributed by atoms with Crippen molar-refractivity contribution in [1.82, 2.24) is 5.32 Å². The van der Waals surface area contributed by atoms with Crippen LogP contribution in [0.5, 0.6) is 0 Å². The third kappa shape index (κ3) is 3.64. The Labute approximate surface area is 100 Å². The zero-order chi connectivity index (χ0) is 12.0. The Kier molecular flexibility index (Phi) is 5.54. The Morgan fingerprint density at radius 1 is 1.00 bits per heavy atom. The van der Waals surface area contributed by atoms with Gasteiger partial charge in [-0.15, -0.1) is 0 Å². The number of nitrogens with one attached hydrogen (secondary N) is 1. The maximum atomic E-state index is 3.77. The molecule has 1 heteroatoms. The first-order valence-corrected chi connectivity index (χ1v) is 6.50. The van der Waals surface area contributed by atoms with Gasteiger partial charge in [-0.3, -0.25) is 0 Å². The van der Waals surface area contributed by atoms with Gasteiger partial charge in [0, 0.05) is 12.1 Å². The van der Waals surface area contributed by atoms with Crippen LogP contribution >= 0.6 is 0 Å². The third-order valence-corrected chi connectivity index (χ3v) is 3.27. The van der Waals surface area contributed by atoms with E-state index in [-0.39, 0.29) is 0 Å². The molecule has 0 spiro atoms. The van der Waals surface area contributed by atoms with Gasteiger partial charge >= 0.3 is 0 Å². The zero-order valence-electron chi connectivity index (χ0n) is 11.0. The van der Waals surface area contributed by atoms with Crippen molar-refractivity contribution in [3.8, 4) is 0 Å². The Bertz CT molecular complexity index is 279. The fourth-order valence-electron chi connectivity index (χ4n) is 2.18. The van der Waals surface area contributed by atoms with E-state index in [0.29, 0.717) is 18.0 Å². The van der Waals surface area contributed by atoms with E-state index < -0.39 is 0 Å². The Morgan fingerprint density at radius 2 is 1.62 bits per heavy atom. The molecule has 1 nitrogen and oxygen atoms in total. The fourth-order valence-corrected chi connectivity index (χ4v) is 2.18. The molecule has 90 valence electrons. The maximum absolute atomic E-state index is 3.77. The van der Waals surface area contributed by atoms with Gasteiger partial charge in [0.05, 0.1) is 0 Å². The summed E-state index contributed by atoms with van der Waals surface area (Å²) in [5.41, 5.74) is 1.41. The first-order chi connectivity index (χ1) is 7.69. The highest BCUT2D eigenvalue weighted by atomic mass is 15.0. The predicted molar refractivity (Wildman–Crippen MR) is 71.5 cm³/mol. The van der Waals surface area contributed by atoms with Crippen LogP contribution in [0.25, 0.3) is 0 Å². The predicted octanol–water partition coefficient (Wildman–Crippen LogP) is 4.16. The van der Waals surface area contributed by atoms with Gasteiger partial charge in [-0.25, -0.2) is 0 Å². The van der Waals surface area contributed by atoms with Crippen molar-refractivity contribution in [2.24, 2.45) is 5.92 Å². The molecular formula is C15H25N. The lowest BCUT2D eigenvalue weighted by Crippen LogP contribution is -2.36. The smallest absolute Gasteiger partial charge is 0.0320 e. The van der Waals surface area contributed by atoms with Gasteiger partial charge < -0.3 is 5.32 Å². The average molecular weight is 219 g/mol. The molecule has 2 atom stereocenters. The molecule has 1 aromatic rings. The van der Waals surface area contributed by atoms with Gasteiger partial charge in [-0.2, -0.15) is 0 Å². The monoisotopic (exact) mass is 219 g/mol. The number of hydrogen-bond acceptors (Lipinski definition) is 1. The highest BCUT2D eigenvalue weighted by molar-refractivity contribution is 5.18. The average Bonchev–Trinajstić information content (AvgIpc) is 2.31. The van der Waals surface area contributed by atoms with Crippen molar-refractivity contribution in [2.75, 3.05) is 0 Å². The summed E-state index contributed by atoms with van der Waals surface area (Å²) in [6, 6.07) is 11.9. The summed E-state index contributed by atoms with van der Waals surface area (Å²) in [7, 11) is 0. The number of benzene rings is 1. The lowest BCUT2D eigenvalue weighted by Gasteiger charge is -2.27. The van der Waals surface area contributed by atoms with Crippen LogP contribution in [0.15, 0.2) is 30.3 Å². The van der Waals surface area contributed by atoms with Crippen molar-refractivity contribution in [1.29, 1.82) is 0 Å². The molecule has 0 amide bonds. The van der Waals surface area contributed by atoms with Crippen molar-refractivity contribution in [3.05, 3.63) is 35.9 Å². The van der Waals surface area contributed by atoms with E-state index >= 15 is 0 Å². The van der Waals surface area contributed by atoms with Crippen molar-refractivity contribution < 1.29 is 0 Å². The highest BCUT2D eigenvalue weighted by Crippen LogP contribution is 2.19. The van der Waals surface area contributed by atoms with Crippen LogP contribution in [0.2, 0.25) is 0 Å². The van der Waals surface area contributed by atoms with Gasteiger partial charge in [0.2, 0.25) is 0 Å². The lowest BCUT2D eigenvalue weighted by molar-refractivity contribution is 0.340. The molecular weight excluding hydrogens is 194 g/mol. The molecule has 1 rings (SSSR count). The molecule has 2 unspecified atom stereocenters. The Hall–Kier alpha value is -0.820. The molecule has 1 aromatic carbocycles. The van der Waals surface area contributed by atoms with Crippen LogP contribution in [0.4, 0.5) is 0 Å². The van der Waals surface area contributed by atoms with E-state index in [2.05, 4.69) is 63.3 Å². The van der Waals surface area contributed by atoms with Crippen LogP contribution in [-0.4, -0.2) is 6.04 Å². The van der Waals surface area contributed by atoms with E-state index in [1.165, 1.54) is 12.0 Å². The summed E-state index contributed by atoms with van der Waals surface area (Å²) in [5, 5.41) is 3.77. The molecule has 1 N–H and O–H groups in total. The van der Waals surface area contributed by atoms with Gasteiger partial charge in [-0.05, 0) is 24.3 Å². The van der Waals surface area contributed by atoms with Crippen LogP contribution in [-0.2, 0) is 0 Å². The first kappa shape index (κ1) is 13.2. The van der Waals surface area contributed by atoms with Gasteiger partial charge in [0.25, 0.3) is 0 Å². The van der Waals surface area contributed by atoms with Gasteiger partial charge in [0.15, 0.2) is 0 Å². The molecule has 0 aliphatic rings. The van der Waals surface area contributed by atoms with E-state index in [1.54, 1.807) is 0 Å². The fraction of sp³-hybridized carbons (Fsp3) is 0.600. The highest BCUT2D eigenvalue weighted by Gasteiger charge is 2.16. The van der Waals surface area contributed by atoms with Crippen molar-refractivity contribution in [2.45, 2.75) is 52.6 Å². The van der Waals surface area contributed by atoms with Crippen LogP contribution in [0.1, 0.15) is 52.1 Å². The van der Waals surface area contributed by atoms with Crippen LogP contribution < -0.4 is 5.32 Å². The Morgan fingerprint density at radius 3 is 2.06 bits per heavy atom. The van der Waals surface area contributed by atoms with E-state index in [1.807, 2.05) is 0 Å². The Balaban J connectivity index is 2.68. The SMILES string of the molecule is CCC(NC(CC)C(C)C)c1ccccc1. The molecule has 0 aliphatic carbocycles. The molecule has 0 radical (unpaired) electrons. The second-order valence-electron chi connectivity index (χ2n) is 4.80. The summed E-state index contributed by atoms with van der Waals surface area (Å²) < 4.78 is 0. The summed E-state index contributed by atoms with van der Waals surface area (Å²) in [5.74, 6) is 0.697. The quantitative estimate of drug-likeness (QED) is 0.757. The third-order valence-electron chi connectivity index (χ3n) is 3.27. The topological polar surface area (TPSA) is 12.0 Å². The van der Waals surface area contributed by atoms with Crippen LogP contribution in [0.3, 0.4) is 0 Å². The summed E-state index contributed by atoms with van der Waals surface area (Å²) in [6.07, 6.45) is 2.34. The molecule has 0 heterocycles. The molecule has 0 aliphatic heterocycles. The molecule has 16 heavy (non-hydrogen) atoms. The van der Waals surface area contributed by atoms with Crippen LogP contribution in [0, 0.1) is 5.92 Å². The minimum absolute atomic E-state index is 0.494. The van der Waals surface area contributed by atoms with E-state index in [9.17, 15) is 0 Å². The molecule has 0 aromatic heterocycles. The number of rotatable bonds is 6. The summed E-state index contributed by atoms with van der Waals surface area (Å²) in [6.45, 7) is 9.09. The number of hydrogen-bond donors (Lipinski definition) is 1. The summed E-state index contributed by atoms with van der Waals surface area (Å²) >= 11 is 0. The maximum Gasteiger partial charge on any atom is 0.0320 e. The van der Waals surface area contributed by atoms with Gasteiger partial charge in [-0.1, -0.05) is 58.0 Å². The lowest BCUT2D eigenvalue weighted by atomic mass is 9.97. The molecule has 0 bridgehead atoms.